The maximum Gasteiger partial charge on any atom is 0.261 e. The quantitative estimate of drug-likeness (QED) is 0.736. The maximum atomic E-state index is 11.7. The molecular formula is C12H19N3O2S. The molecule has 0 saturated heterocycles. The Kier molecular flexibility index (Phi) is 4.86. The zero-order valence-electron chi connectivity index (χ0n) is 10.8. The Morgan fingerprint density at radius 1 is 1.50 bits per heavy atom. The van der Waals surface area contributed by atoms with E-state index >= 15 is 0 Å². The first-order valence-electron chi connectivity index (χ1n) is 5.70. The SMILES string of the molecule is CC(NC(=O)c1cccs1)C(=O)NCC(C)(C)N. The average Bonchev–Trinajstić information content (AvgIpc) is 2.77. The van der Waals surface area contributed by atoms with Gasteiger partial charge in [-0.3, -0.25) is 9.59 Å². The first-order valence-corrected chi connectivity index (χ1v) is 6.58. The van der Waals surface area contributed by atoms with Crippen LogP contribution in [0.3, 0.4) is 0 Å². The monoisotopic (exact) mass is 269 g/mol. The second-order valence-electron chi connectivity index (χ2n) is 4.88. The van der Waals surface area contributed by atoms with E-state index in [1.165, 1.54) is 11.3 Å². The van der Waals surface area contributed by atoms with E-state index in [9.17, 15) is 9.59 Å². The molecule has 2 amide bonds. The Balaban J connectivity index is 2.43. The van der Waals surface area contributed by atoms with Crippen LogP contribution in [0.4, 0.5) is 0 Å². The molecule has 0 aliphatic rings. The molecule has 1 aromatic heterocycles. The van der Waals surface area contributed by atoms with Gasteiger partial charge in [-0.05, 0) is 32.2 Å². The molecule has 1 unspecified atom stereocenters. The highest BCUT2D eigenvalue weighted by Crippen LogP contribution is 2.08. The summed E-state index contributed by atoms with van der Waals surface area (Å²) in [5.74, 6) is -0.474. The van der Waals surface area contributed by atoms with E-state index in [1.807, 2.05) is 19.2 Å². The van der Waals surface area contributed by atoms with Crippen molar-refractivity contribution in [3.63, 3.8) is 0 Å². The summed E-state index contributed by atoms with van der Waals surface area (Å²) in [6.07, 6.45) is 0. The molecule has 1 rings (SSSR count). The van der Waals surface area contributed by atoms with Crippen LogP contribution in [-0.2, 0) is 4.79 Å². The Bertz CT molecular complexity index is 409. The summed E-state index contributed by atoms with van der Waals surface area (Å²) in [5, 5.41) is 7.15. The molecule has 0 bridgehead atoms. The van der Waals surface area contributed by atoms with Crippen LogP contribution >= 0.6 is 11.3 Å². The Morgan fingerprint density at radius 2 is 2.17 bits per heavy atom. The minimum Gasteiger partial charge on any atom is -0.353 e. The lowest BCUT2D eigenvalue weighted by Crippen LogP contribution is -2.50. The molecule has 1 aromatic rings. The second-order valence-corrected chi connectivity index (χ2v) is 5.83. The van der Waals surface area contributed by atoms with Gasteiger partial charge in [0.25, 0.3) is 5.91 Å². The number of thiophene rings is 1. The van der Waals surface area contributed by atoms with Gasteiger partial charge < -0.3 is 16.4 Å². The summed E-state index contributed by atoms with van der Waals surface area (Å²) in [7, 11) is 0. The van der Waals surface area contributed by atoms with E-state index in [0.29, 0.717) is 11.4 Å². The van der Waals surface area contributed by atoms with Crippen LogP contribution in [0.1, 0.15) is 30.4 Å². The standard InChI is InChI=1S/C12H19N3O2S/c1-8(10(16)14-7-12(2,3)13)15-11(17)9-5-4-6-18-9/h4-6,8H,7,13H2,1-3H3,(H,14,16)(H,15,17). The van der Waals surface area contributed by atoms with Crippen LogP contribution in [-0.4, -0.2) is 29.9 Å². The topological polar surface area (TPSA) is 84.2 Å². The van der Waals surface area contributed by atoms with E-state index < -0.39 is 11.6 Å². The number of nitrogens with one attached hydrogen (secondary N) is 2. The molecule has 0 spiro atoms. The number of rotatable bonds is 5. The Labute approximate surface area is 111 Å². The normalized spacial score (nSPS) is 12.9. The van der Waals surface area contributed by atoms with Crippen molar-refractivity contribution in [3.05, 3.63) is 22.4 Å². The minimum absolute atomic E-state index is 0.236. The maximum absolute atomic E-state index is 11.7. The van der Waals surface area contributed by atoms with Crippen LogP contribution in [0.2, 0.25) is 0 Å². The predicted octanol–water partition coefficient (Wildman–Crippen LogP) is 0.720. The molecule has 100 valence electrons. The third-order valence-electron chi connectivity index (χ3n) is 2.20. The lowest BCUT2D eigenvalue weighted by molar-refractivity contribution is -0.122. The molecule has 4 N–H and O–H groups in total. The lowest BCUT2D eigenvalue weighted by atomic mass is 10.1. The van der Waals surface area contributed by atoms with Gasteiger partial charge in [-0.2, -0.15) is 0 Å². The number of hydrogen-bond donors (Lipinski definition) is 3. The zero-order chi connectivity index (χ0) is 13.8. The average molecular weight is 269 g/mol. The van der Waals surface area contributed by atoms with Crippen LogP contribution in [0.15, 0.2) is 17.5 Å². The molecule has 0 fully saturated rings. The van der Waals surface area contributed by atoms with Crippen LogP contribution in [0, 0.1) is 0 Å². The Morgan fingerprint density at radius 3 is 2.67 bits per heavy atom. The highest BCUT2D eigenvalue weighted by Gasteiger charge is 2.19. The van der Waals surface area contributed by atoms with Crippen molar-refractivity contribution in [3.8, 4) is 0 Å². The van der Waals surface area contributed by atoms with Crippen molar-refractivity contribution in [2.75, 3.05) is 6.54 Å². The number of carbonyl (C=O) groups excluding carboxylic acids is 2. The largest absolute Gasteiger partial charge is 0.353 e. The van der Waals surface area contributed by atoms with Crippen molar-refractivity contribution in [2.24, 2.45) is 5.73 Å². The van der Waals surface area contributed by atoms with Gasteiger partial charge in [-0.1, -0.05) is 6.07 Å². The van der Waals surface area contributed by atoms with Gasteiger partial charge in [-0.25, -0.2) is 0 Å². The molecule has 0 radical (unpaired) electrons. The summed E-state index contributed by atoms with van der Waals surface area (Å²) in [4.78, 5) is 24.0. The minimum atomic E-state index is -0.582. The molecule has 0 aromatic carbocycles. The van der Waals surface area contributed by atoms with Gasteiger partial charge >= 0.3 is 0 Å². The third kappa shape index (κ3) is 4.85. The van der Waals surface area contributed by atoms with Crippen molar-refractivity contribution < 1.29 is 9.59 Å². The van der Waals surface area contributed by atoms with Gasteiger partial charge in [0.2, 0.25) is 5.91 Å². The fraction of sp³-hybridized carbons (Fsp3) is 0.500. The summed E-state index contributed by atoms with van der Waals surface area (Å²) >= 11 is 1.34. The van der Waals surface area contributed by atoms with E-state index in [0.717, 1.165) is 0 Å². The van der Waals surface area contributed by atoms with Gasteiger partial charge in [0, 0.05) is 12.1 Å². The van der Waals surface area contributed by atoms with E-state index in [1.54, 1.807) is 19.1 Å². The fourth-order valence-corrected chi connectivity index (χ4v) is 1.84. The highest BCUT2D eigenvalue weighted by atomic mass is 32.1. The highest BCUT2D eigenvalue weighted by molar-refractivity contribution is 7.12. The van der Waals surface area contributed by atoms with E-state index in [-0.39, 0.29) is 11.8 Å². The van der Waals surface area contributed by atoms with Gasteiger partial charge in [0.15, 0.2) is 0 Å². The number of hydrogen-bond acceptors (Lipinski definition) is 4. The number of amides is 2. The van der Waals surface area contributed by atoms with Gasteiger partial charge in [0.1, 0.15) is 6.04 Å². The molecular weight excluding hydrogens is 250 g/mol. The molecule has 5 nitrogen and oxygen atoms in total. The predicted molar refractivity (Wildman–Crippen MR) is 72.5 cm³/mol. The third-order valence-corrected chi connectivity index (χ3v) is 3.07. The van der Waals surface area contributed by atoms with Crippen LogP contribution < -0.4 is 16.4 Å². The molecule has 1 heterocycles. The van der Waals surface area contributed by atoms with Crippen molar-refractivity contribution in [1.82, 2.24) is 10.6 Å². The summed E-state index contributed by atoms with van der Waals surface area (Å²) in [6.45, 7) is 5.65. The first kappa shape index (κ1) is 14.7. The van der Waals surface area contributed by atoms with Crippen molar-refractivity contribution >= 4 is 23.2 Å². The molecule has 6 heteroatoms. The summed E-state index contributed by atoms with van der Waals surface area (Å²) in [6, 6.07) is 2.93. The molecule has 0 aliphatic heterocycles. The Hall–Kier alpha value is -1.40. The first-order chi connectivity index (χ1) is 8.29. The zero-order valence-corrected chi connectivity index (χ0v) is 11.6. The molecule has 0 aliphatic carbocycles. The van der Waals surface area contributed by atoms with Gasteiger partial charge in [-0.15, -0.1) is 11.3 Å². The fourth-order valence-electron chi connectivity index (χ4n) is 1.21. The molecule has 1 atom stereocenters. The number of nitrogens with two attached hydrogens (primary N) is 1. The van der Waals surface area contributed by atoms with E-state index in [2.05, 4.69) is 10.6 Å². The second kappa shape index (κ2) is 5.97. The smallest absolute Gasteiger partial charge is 0.261 e. The summed E-state index contributed by atoms with van der Waals surface area (Å²) < 4.78 is 0. The van der Waals surface area contributed by atoms with Crippen molar-refractivity contribution in [2.45, 2.75) is 32.4 Å². The van der Waals surface area contributed by atoms with Crippen molar-refractivity contribution in [1.29, 1.82) is 0 Å². The molecule has 18 heavy (non-hydrogen) atoms. The number of carbonyl (C=O) groups is 2. The van der Waals surface area contributed by atoms with Crippen LogP contribution in [0.25, 0.3) is 0 Å². The molecule has 0 saturated carbocycles. The lowest BCUT2D eigenvalue weighted by Gasteiger charge is -2.21. The van der Waals surface area contributed by atoms with Crippen LogP contribution in [0.5, 0.6) is 0 Å². The summed E-state index contributed by atoms with van der Waals surface area (Å²) in [5.41, 5.74) is 5.30. The van der Waals surface area contributed by atoms with Gasteiger partial charge in [0.05, 0.1) is 4.88 Å². The van der Waals surface area contributed by atoms with E-state index in [4.69, 9.17) is 5.73 Å².